The van der Waals surface area contributed by atoms with Crippen LogP contribution in [-0.4, -0.2) is 9.55 Å². The monoisotopic (exact) mass is 577 g/mol. The Morgan fingerprint density at radius 3 is 1.91 bits per heavy atom. The van der Waals surface area contributed by atoms with E-state index in [0.29, 0.717) is 5.71 Å². The highest BCUT2D eigenvalue weighted by Crippen LogP contribution is 2.42. The predicted molar refractivity (Wildman–Crippen MR) is 186 cm³/mol. The molecule has 4 heteroatoms. The van der Waals surface area contributed by atoms with Crippen LogP contribution in [-0.2, 0) is 0 Å². The zero-order valence-electron chi connectivity index (χ0n) is 24.3. The first kappa shape index (κ1) is 25.4. The number of furan rings is 1. The molecule has 0 amide bonds. The summed E-state index contributed by atoms with van der Waals surface area (Å²) in [4.78, 5) is 6.77. The van der Waals surface area contributed by atoms with Crippen molar-refractivity contribution in [3.8, 4) is 16.8 Å². The van der Waals surface area contributed by atoms with Gasteiger partial charge in [-0.1, -0.05) is 91.0 Å². The Morgan fingerprint density at radius 1 is 0.489 bits per heavy atom. The Morgan fingerprint density at radius 2 is 1.11 bits per heavy atom. The van der Waals surface area contributed by atoms with Crippen molar-refractivity contribution in [1.29, 1.82) is 0 Å². The van der Waals surface area contributed by atoms with Gasteiger partial charge in [-0.25, -0.2) is 4.98 Å². The summed E-state index contributed by atoms with van der Waals surface area (Å²) >= 11 is 0. The Bertz CT molecular complexity index is 2450. The SMILES string of the molecule is c1ccc(N(c2cccc(-c3cccc(-n4c5ccccc5c5ccccc54)c3)c2)c2cccc3c2oc2ncccc23)cc1. The molecule has 0 aliphatic rings. The third-order valence-electron chi connectivity index (χ3n) is 8.63. The van der Waals surface area contributed by atoms with Crippen molar-refractivity contribution in [3.05, 3.63) is 164 Å². The van der Waals surface area contributed by atoms with Crippen molar-refractivity contribution in [3.63, 3.8) is 0 Å². The number of aromatic nitrogens is 2. The zero-order valence-corrected chi connectivity index (χ0v) is 24.3. The van der Waals surface area contributed by atoms with Crippen molar-refractivity contribution in [2.75, 3.05) is 4.90 Å². The fourth-order valence-electron chi connectivity index (χ4n) is 6.65. The summed E-state index contributed by atoms with van der Waals surface area (Å²) in [6.07, 6.45) is 1.77. The summed E-state index contributed by atoms with van der Waals surface area (Å²) in [5.74, 6) is 0. The van der Waals surface area contributed by atoms with Crippen molar-refractivity contribution in [1.82, 2.24) is 9.55 Å². The topological polar surface area (TPSA) is 34.2 Å². The number of para-hydroxylation sites is 4. The van der Waals surface area contributed by atoms with E-state index in [1.807, 2.05) is 12.1 Å². The molecule has 45 heavy (non-hydrogen) atoms. The van der Waals surface area contributed by atoms with Gasteiger partial charge in [0.2, 0.25) is 5.71 Å². The molecule has 0 unspecified atom stereocenters. The summed E-state index contributed by atoms with van der Waals surface area (Å²) < 4.78 is 8.76. The molecule has 212 valence electrons. The van der Waals surface area contributed by atoms with Gasteiger partial charge in [-0.15, -0.1) is 0 Å². The molecule has 0 radical (unpaired) electrons. The zero-order chi connectivity index (χ0) is 29.7. The van der Waals surface area contributed by atoms with Gasteiger partial charge < -0.3 is 13.9 Å². The van der Waals surface area contributed by atoms with Crippen LogP contribution >= 0.6 is 0 Å². The van der Waals surface area contributed by atoms with Crippen LogP contribution in [0.3, 0.4) is 0 Å². The lowest BCUT2D eigenvalue weighted by atomic mass is 10.0. The molecular formula is C41H27N3O. The van der Waals surface area contributed by atoms with Gasteiger partial charge in [0, 0.05) is 44.8 Å². The number of anilines is 3. The lowest BCUT2D eigenvalue weighted by molar-refractivity contribution is 0.654. The van der Waals surface area contributed by atoms with Gasteiger partial charge >= 0.3 is 0 Å². The first-order valence-electron chi connectivity index (χ1n) is 15.1. The summed E-state index contributed by atoms with van der Waals surface area (Å²) in [6, 6.07) is 55.6. The minimum Gasteiger partial charge on any atom is -0.435 e. The largest absolute Gasteiger partial charge is 0.435 e. The van der Waals surface area contributed by atoms with E-state index < -0.39 is 0 Å². The molecule has 0 saturated heterocycles. The smallest absolute Gasteiger partial charge is 0.227 e. The molecule has 9 aromatic rings. The Labute approximate surface area is 260 Å². The first-order valence-corrected chi connectivity index (χ1v) is 15.1. The second-order valence-corrected chi connectivity index (χ2v) is 11.3. The van der Waals surface area contributed by atoms with Gasteiger partial charge in [-0.2, -0.15) is 0 Å². The highest BCUT2D eigenvalue weighted by atomic mass is 16.3. The minimum atomic E-state index is 0.642. The van der Waals surface area contributed by atoms with E-state index in [2.05, 4.69) is 160 Å². The van der Waals surface area contributed by atoms with E-state index in [4.69, 9.17) is 4.42 Å². The molecule has 3 aromatic heterocycles. The van der Waals surface area contributed by atoms with E-state index in [1.165, 1.54) is 21.8 Å². The van der Waals surface area contributed by atoms with Gasteiger partial charge in [-0.3, -0.25) is 0 Å². The van der Waals surface area contributed by atoms with Crippen LogP contribution in [0.2, 0.25) is 0 Å². The molecule has 3 heterocycles. The van der Waals surface area contributed by atoms with Crippen molar-refractivity contribution >= 4 is 60.9 Å². The number of pyridine rings is 1. The average molecular weight is 578 g/mol. The molecule has 4 nitrogen and oxygen atoms in total. The number of benzene rings is 6. The van der Waals surface area contributed by atoms with Crippen LogP contribution in [0.1, 0.15) is 0 Å². The Kier molecular flexibility index (Phi) is 5.78. The van der Waals surface area contributed by atoms with Crippen molar-refractivity contribution < 1.29 is 4.42 Å². The van der Waals surface area contributed by atoms with Crippen LogP contribution < -0.4 is 4.90 Å². The highest BCUT2D eigenvalue weighted by Gasteiger charge is 2.20. The third kappa shape index (κ3) is 4.11. The summed E-state index contributed by atoms with van der Waals surface area (Å²) in [7, 11) is 0. The van der Waals surface area contributed by atoms with Gasteiger partial charge in [0.05, 0.1) is 16.7 Å². The van der Waals surface area contributed by atoms with Gasteiger partial charge in [0.1, 0.15) is 0 Å². The number of hydrogen-bond acceptors (Lipinski definition) is 3. The predicted octanol–water partition coefficient (Wildman–Crippen LogP) is 11.2. The third-order valence-corrected chi connectivity index (χ3v) is 8.63. The van der Waals surface area contributed by atoms with Crippen molar-refractivity contribution in [2.45, 2.75) is 0 Å². The molecule has 0 spiro atoms. The number of rotatable bonds is 5. The molecule has 0 saturated carbocycles. The maximum absolute atomic E-state index is 6.39. The van der Waals surface area contributed by atoms with Crippen LogP contribution in [0.15, 0.2) is 168 Å². The Hall–Kier alpha value is -6.13. The molecule has 9 rings (SSSR count). The molecule has 0 aliphatic carbocycles. The minimum absolute atomic E-state index is 0.642. The number of fused-ring (bicyclic) bond motifs is 6. The molecule has 0 aliphatic heterocycles. The van der Waals surface area contributed by atoms with Crippen LogP contribution in [0.4, 0.5) is 17.1 Å². The molecule has 0 N–H and O–H groups in total. The Balaban J connectivity index is 1.21. The van der Waals surface area contributed by atoms with E-state index >= 15 is 0 Å². The average Bonchev–Trinajstić information content (AvgIpc) is 3.66. The van der Waals surface area contributed by atoms with E-state index in [9.17, 15) is 0 Å². The molecule has 0 fully saturated rings. The first-order chi connectivity index (χ1) is 22.3. The van der Waals surface area contributed by atoms with Gasteiger partial charge in [0.25, 0.3) is 0 Å². The normalized spacial score (nSPS) is 11.6. The molecule has 0 atom stereocenters. The molecule has 0 bridgehead atoms. The van der Waals surface area contributed by atoms with Gasteiger partial charge in [0.15, 0.2) is 5.58 Å². The standard InChI is InChI=1S/C41H27N3O/c1-2-14-30(15-3-1)43(39-24-10-20-35-36-21-11-25-42-41(36)45-40(35)39)31-16-8-12-28(26-31)29-13-9-17-32(27-29)44-37-22-6-4-18-33(37)34-19-5-7-23-38(34)44/h1-27H. The molecular weight excluding hydrogens is 550 g/mol. The summed E-state index contributed by atoms with van der Waals surface area (Å²) in [5, 5.41) is 4.58. The maximum atomic E-state index is 6.39. The second kappa shape index (κ2) is 10.2. The summed E-state index contributed by atoms with van der Waals surface area (Å²) in [5.41, 5.74) is 10.3. The fourth-order valence-corrected chi connectivity index (χ4v) is 6.65. The fraction of sp³-hybridized carbons (Fsp3) is 0. The van der Waals surface area contributed by atoms with Crippen LogP contribution in [0.25, 0.3) is 60.7 Å². The van der Waals surface area contributed by atoms with E-state index in [1.54, 1.807) is 6.20 Å². The summed E-state index contributed by atoms with van der Waals surface area (Å²) in [6.45, 7) is 0. The number of nitrogens with zero attached hydrogens (tertiary/aromatic N) is 3. The number of hydrogen-bond donors (Lipinski definition) is 0. The van der Waals surface area contributed by atoms with Crippen LogP contribution in [0.5, 0.6) is 0 Å². The van der Waals surface area contributed by atoms with Gasteiger partial charge in [-0.05, 0) is 77.9 Å². The highest BCUT2D eigenvalue weighted by molar-refractivity contribution is 6.10. The van der Waals surface area contributed by atoms with Crippen LogP contribution in [0, 0.1) is 0 Å². The lowest BCUT2D eigenvalue weighted by Gasteiger charge is -2.26. The quantitative estimate of drug-likeness (QED) is 0.204. The maximum Gasteiger partial charge on any atom is 0.227 e. The molecule has 6 aromatic carbocycles. The van der Waals surface area contributed by atoms with E-state index in [0.717, 1.165) is 50.2 Å². The van der Waals surface area contributed by atoms with E-state index in [-0.39, 0.29) is 0 Å². The lowest BCUT2D eigenvalue weighted by Crippen LogP contribution is -2.10. The second-order valence-electron chi connectivity index (χ2n) is 11.3. The van der Waals surface area contributed by atoms with Crippen molar-refractivity contribution in [2.24, 2.45) is 0 Å².